The molecule has 0 spiro atoms. The first-order valence-corrected chi connectivity index (χ1v) is 6.87. The highest BCUT2D eigenvalue weighted by atomic mass is 35.5. The molecule has 0 aliphatic carbocycles. The molecule has 104 valence electrons. The second-order valence-electron chi connectivity index (χ2n) is 4.60. The van der Waals surface area contributed by atoms with Crippen molar-refractivity contribution in [1.29, 1.82) is 0 Å². The average molecular weight is 304 g/mol. The number of phenolic OH excluding ortho intramolecular Hbond substituents is 1. The Balaban J connectivity index is 1.87. The van der Waals surface area contributed by atoms with Crippen molar-refractivity contribution < 1.29 is 14.6 Å². The second-order valence-corrected chi connectivity index (χ2v) is 5.42. The van der Waals surface area contributed by atoms with Gasteiger partial charge in [-0.2, -0.15) is 0 Å². The zero-order valence-electron chi connectivity index (χ0n) is 10.3. The molecule has 1 aromatic carbocycles. The summed E-state index contributed by atoms with van der Waals surface area (Å²) in [6.07, 6.45) is 2.26. The normalized spacial score (nSPS) is 18.5. The van der Waals surface area contributed by atoms with Crippen LogP contribution in [0.15, 0.2) is 12.1 Å². The van der Waals surface area contributed by atoms with Crippen LogP contribution in [0.5, 0.6) is 5.75 Å². The molecule has 1 aliphatic rings. The molecule has 0 bridgehead atoms. The van der Waals surface area contributed by atoms with Gasteiger partial charge in [0.15, 0.2) is 5.75 Å². The first-order chi connectivity index (χ1) is 9.06. The Hall–Kier alpha value is -0.970. The maximum atomic E-state index is 11.8. The van der Waals surface area contributed by atoms with Gasteiger partial charge in [-0.25, -0.2) is 0 Å². The molecule has 1 unspecified atom stereocenters. The number of phenols is 1. The fourth-order valence-electron chi connectivity index (χ4n) is 2.01. The molecule has 19 heavy (non-hydrogen) atoms. The van der Waals surface area contributed by atoms with E-state index < -0.39 is 0 Å². The summed E-state index contributed by atoms with van der Waals surface area (Å²) in [5.41, 5.74) is 0.487. The van der Waals surface area contributed by atoms with Crippen molar-refractivity contribution >= 4 is 34.8 Å². The van der Waals surface area contributed by atoms with Crippen LogP contribution in [0, 0.1) is 5.92 Å². The predicted molar refractivity (Wildman–Crippen MR) is 74.9 cm³/mol. The summed E-state index contributed by atoms with van der Waals surface area (Å²) in [5.74, 6) is 0.201. The minimum absolute atomic E-state index is 0.0928. The van der Waals surface area contributed by atoms with Crippen molar-refractivity contribution in [2.24, 2.45) is 5.92 Å². The highest BCUT2D eigenvalue weighted by Crippen LogP contribution is 2.34. The van der Waals surface area contributed by atoms with Gasteiger partial charge in [-0.3, -0.25) is 4.79 Å². The fourth-order valence-corrected chi connectivity index (χ4v) is 2.49. The minimum Gasteiger partial charge on any atom is -0.505 e. The Morgan fingerprint density at radius 3 is 2.68 bits per heavy atom. The molecule has 1 atom stereocenters. The summed E-state index contributed by atoms with van der Waals surface area (Å²) in [6.45, 7) is 1.53. The van der Waals surface area contributed by atoms with E-state index in [1.165, 1.54) is 12.1 Å². The molecule has 1 aliphatic heterocycles. The summed E-state index contributed by atoms with van der Waals surface area (Å²) in [6, 6.07) is 2.94. The summed E-state index contributed by atoms with van der Waals surface area (Å²) < 4.78 is 5.26. The number of carbonyl (C=O) groups is 1. The van der Waals surface area contributed by atoms with Gasteiger partial charge >= 0.3 is 0 Å². The largest absolute Gasteiger partial charge is 0.505 e. The van der Waals surface area contributed by atoms with Crippen LogP contribution in [0.25, 0.3) is 0 Å². The maximum Gasteiger partial charge on any atom is 0.224 e. The smallest absolute Gasteiger partial charge is 0.224 e. The lowest BCUT2D eigenvalue weighted by Crippen LogP contribution is -2.13. The molecule has 6 heteroatoms. The van der Waals surface area contributed by atoms with E-state index in [9.17, 15) is 9.90 Å². The van der Waals surface area contributed by atoms with Crippen LogP contribution in [-0.4, -0.2) is 24.2 Å². The van der Waals surface area contributed by atoms with Gasteiger partial charge in [0.05, 0.1) is 10.0 Å². The molecule has 1 aromatic rings. The molecule has 1 heterocycles. The third-order valence-corrected chi connectivity index (χ3v) is 3.68. The summed E-state index contributed by atoms with van der Waals surface area (Å²) >= 11 is 11.6. The van der Waals surface area contributed by atoms with E-state index in [0.29, 0.717) is 18.0 Å². The van der Waals surface area contributed by atoms with E-state index in [2.05, 4.69) is 5.32 Å². The number of nitrogens with one attached hydrogen (secondary N) is 1. The van der Waals surface area contributed by atoms with E-state index in [0.717, 1.165) is 26.1 Å². The molecule has 0 radical (unpaired) electrons. The molecule has 0 saturated carbocycles. The van der Waals surface area contributed by atoms with Crippen molar-refractivity contribution in [3.63, 3.8) is 0 Å². The fraction of sp³-hybridized carbons (Fsp3) is 0.462. The van der Waals surface area contributed by atoms with Crippen molar-refractivity contribution in [3.8, 4) is 5.75 Å². The lowest BCUT2D eigenvalue weighted by molar-refractivity contribution is -0.116. The minimum atomic E-state index is -0.176. The molecule has 4 nitrogen and oxygen atoms in total. The first-order valence-electron chi connectivity index (χ1n) is 6.12. The lowest BCUT2D eigenvalue weighted by Gasteiger charge is -2.09. The van der Waals surface area contributed by atoms with Gasteiger partial charge in [0.2, 0.25) is 5.91 Å². The number of hydrogen-bond acceptors (Lipinski definition) is 3. The predicted octanol–water partition coefficient (Wildman–Crippen LogP) is 3.45. The number of halogens is 2. The molecule has 1 saturated heterocycles. The monoisotopic (exact) mass is 303 g/mol. The van der Waals surface area contributed by atoms with Gasteiger partial charge in [-0.1, -0.05) is 23.2 Å². The zero-order valence-corrected chi connectivity index (χ0v) is 11.8. The number of anilines is 1. The topological polar surface area (TPSA) is 58.6 Å². The quantitative estimate of drug-likeness (QED) is 0.838. The SMILES string of the molecule is O=C(CCC1CCOC1)Nc1cc(Cl)c(O)c(Cl)c1. The Labute approximate surface area is 121 Å². The molecule has 1 amide bonds. The van der Waals surface area contributed by atoms with Gasteiger partial charge in [-0.05, 0) is 30.9 Å². The van der Waals surface area contributed by atoms with E-state index in [4.69, 9.17) is 27.9 Å². The van der Waals surface area contributed by atoms with Gasteiger partial charge in [0.1, 0.15) is 0 Å². The summed E-state index contributed by atoms with van der Waals surface area (Å²) in [5, 5.41) is 12.4. The number of aromatic hydroxyl groups is 1. The van der Waals surface area contributed by atoms with Gasteiger partial charge in [0.25, 0.3) is 0 Å². The van der Waals surface area contributed by atoms with Crippen LogP contribution in [0.2, 0.25) is 10.0 Å². The summed E-state index contributed by atoms with van der Waals surface area (Å²) in [4.78, 5) is 11.8. The zero-order chi connectivity index (χ0) is 13.8. The standard InChI is InChI=1S/C13H15Cl2NO3/c14-10-5-9(6-11(15)13(10)18)16-12(17)2-1-8-3-4-19-7-8/h5-6,8,18H,1-4,7H2,(H,16,17). The third kappa shape index (κ3) is 4.00. The number of rotatable bonds is 4. The Bertz CT molecular complexity index is 450. The highest BCUT2D eigenvalue weighted by Gasteiger charge is 2.17. The van der Waals surface area contributed by atoms with Gasteiger partial charge in [-0.15, -0.1) is 0 Å². The third-order valence-electron chi connectivity index (χ3n) is 3.10. The Morgan fingerprint density at radius 1 is 1.42 bits per heavy atom. The number of carbonyl (C=O) groups excluding carboxylic acids is 1. The number of amides is 1. The van der Waals surface area contributed by atoms with Crippen LogP contribution < -0.4 is 5.32 Å². The molecule has 0 aromatic heterocycles. The van der Waals surface area contributed by atoms with Crippen molar-refractivity contribution in [2.45, 2.75) is 19.3 Å². The van der Waals surface area contributed by atoms with Crippen LogP contribution in [0.3, 0.4) is 0 Å². The summed E-state index contributed by atoms with van der Waals surface area (Å²) in [7, 11) is 0. The molecule has 2 rings (SSSR count). The van der Waals surface area contributed by atoms with E-state index in [1.54, 1.807) is 0 Å². The van der Waals surface area contributed by atoms with Crippen molar-refractivity contribution in [2.75, 3.05) is 18.5 Å². The average Bonchev–Trinajstić information content (AvgIpc) is 2.86. The molecular formula is C13H15Cl2NO3. The lowest BCUT2D eigenvalue weighted by atomic mass is 10.0. The van der Waals surface area contributed by atoms with E-state index in [1.807, 2.05) is 0 Å². The van der Waals surface area contributed by atoms with Crippen LogP contribution in [-0.2, 0) is 9.53 Å². The second kappa shape index (κ2) is 6.46. The highest BCUT2D eigenvalue weighted by molar-refractivity contribution is 6.37. The Morgan fingerprint density at radius 2 is 2.11 bits per heavy atom. The van der Waals surface area contributed by atoms with Crippen LogP contribution >= 0.6 is 23.2 Å². The van der Waals surface area contributed by atoms with E-state index in [-0.39, 0.29) is 21.7 Å². The molecule has 1 fully saturated rings. The molecular weight excluding hydrogens is 289 g/mol. The van der Waals surface area contributed by atoms with Gasteiger partial charge in [0, 0.05) is 25.3 Å². The maximum absolute atomic E-state index is 11.8. The number of ether oxygens (including phenoxy) is 1. The van der Waals surface area contributed by atoms with E-state index >= 15 is 0 Å². The van der Waals surface area contributed by atoms with Crippen LogP contribution in [0.4, 0.5) is 5.69 Å². The van der Waals surface area contributed by atoms with Gasteiger partial charge < -0.3 is 15.2 Å². The van der Waals surface area contributed by atoms with Crippen molar-refractivity contribution in [1.82, 2.24) is 0 Å². The number of hydrogen-bond donors (Lipinski definition) is 2. The Kier molecular flexibility index (Phi) is 4.91. The first kappa shape index (κ1) is 14.4. The number of benzene rings is 1. The molecule has 2 N–H and O–H groups in total. The van der Waals surface area contributed by atoms with Crippen molar-refractivity contribution in [3.05, 3.63) is 22.2 Å². The van der Waals surface area contributed by atoms with Crippen LogP contribution in [0.1, 0.15) is 19.3 Å².